The van der Waals surface area contributed by atoms with Gasteiger partial charge in [-0.05, 0) is 31.1 Å². The van der Waals surface area contributed by atoms with E-state index < -0.39 is 0 Å². The van der Waals surface area contributed by atoms with Crippen LogP contribution in [-0.4, -0.2) is 25.5 Å². The van der Waals surface area contributed by atoms with Gasteiger partial charge in [-0.2, -0.15) is 0 Å². The van der Waals surface area contributed by atoms with E-state index >= 15 is 0 Å². The van der Waals surface area contributed by atoms with Crippen LogP contribution in [0.3, 0.4) is 0 Å². The molecular formula is C13H26N2O. The Morgan fingerprint density at radius 1 is 1.38 bits per heavy atom. The molecule has 1 fully saturated rings. The van der Waals surface area contributed by atoms with Crippen molar-refractivity contribution in [3.63, 3.8) is 0 Å². The van der Waals surface area contributed by atoms with E-state index in [1.54, 1.807) is 7.05 Å². The van der Waals surface area contributed by atoms with Crippen LogP contribution in [0.1, 0.15) is 46.0 Å². The van der Waals surface area contributed by atoms with Crippen LogP contribution in [0.25, 0.3) is 0 Å². The fourth-order valence-electron chi connectivity index (χ4n) is 2.71. The van der Waals surface area contributed by atoms with Gasteiger partial charge in [0.1, 0.15) is 0 Å². The van der Waals surface area contributed by atoms with E-state index in [0.29, 0.717) is 12.5 Å². The summed E-state index contributed by atoms with van der Waals surface area (Å²) < 4.78 is 0. The van der Waals surface area contributed by atoms with Crippen molar-refractivity contribution >= 4 is 5.91 Å². The van der Waals surface area contributed by atoms with Crippen molar-refractivity contribution in [3.05, 3.63) is 0 Å². The van der Waals surface area contributed by atoms with Gasteiger partial charge in [-0.25, -0.2) is 0 Å². The van der Waals surface area contributed by atoms with Crippen LogP contribution in [0.2, 0.25) is 0 Å². The van der Waals surface area contributed by atoms with Gasteiger partial charge in [0.15, 0.2) is 0 Å². The minimum Gasteiger partial charge on any atom is -0.359 e. The van der Waals surface area contributed by atoms with Crippen molar-refractivity contribution in [2.45, 2.75) is 52.0 Å². The lowest BCUT2D eigenvalue weighted by Gasteiger charge is -2.35. The maximum atomic E-state index is 11.1. The van der Waals surface area contributed by atoms with Crippen LogP contribution in [0.5, 0.6) is 0 Å². The van der Waals surface area contributed by atoms with E-state index in [2.05, 4.69) is 24.5 Å². The smallest absolute Gasteiger partial charge is 0.221 e. The Kier molecular flexibility index (Phi) is 5.81. The van der Waals surface area contributed by atoms with Gasteiger partial charge in [0.05, 0.1) is 0 Å². The van der Waals surface area contributed by atoms with Gasteiger partial charge >= 0.3 is 0 Å². The molecule has 0 bridgehead atoms. The van der Waals surface area contributed by atoms with Gasteiger partial charge in [0, 0.05) is 26.1 Å². The van der Waals surface area contributed by atoms with E-state index in [-0.39, 0.29) is 5.91 Å². The molecule has 16 heavy (non-hydrogen) atoms. The summed E-state index contributed by atoms with van der Waals surface area (Å²) in [4.78, 5) is 11.1. The zero-order valence-electron chi connectivity index (χ0n) is 10.9. The summed E-state index contributed by atoms with van der Waals surface area (Å²) >= 11 is 0. The topological polar surface area (TPSA) is 41.1 Å². The van der Waals surface area contributed by atoms with Crippen LogP contribution >= 0.6 is 0 Å². The Balaban J connectivity index is 2.26. The van der Waals surface area contributed by atoms with Gasteiger partial charge in [0.2, 0.25) is 5.91 Å². The van der Waals surface area contributed by atoms with Crippen LogP contribution in [0.4, 0.5) is 0 Å². The Morgan fingerprint density at radius 2 is 2.12 bits per heavy atom. The maximum absolute atomic E-state index is 11.1. The number of nitrogens with one attached hydrogen (secondary N) is 2. The van der Waals surface area contributed by atoms with Gasteiger partial charge in [0.25, 0.3) is 0 Å². The van der Waals surface area contributed by atoms with Crippen molar-refractivity contribution in [2.75, 3.05) is 13.6 Å². The Labute approximate surface area is 99.4 Å². The number of hydrogen-bond acceptors (Lipinski definition) is 2. The predicted molar refractivity (Wildman–Crippen MR) is 67.3 cm³/mol. The third-order valence-electron chi connectivity index (χ3n) is 3.81. The predicted octanol–water partition coefficient (Wildman–Crippen LogP) is 1.93. The first-order valence-electron chi connectivity index (χ1n) is 6.61. The molecule has 0 aromatic heterocycles. The molecule has 0 aliphatic heterocycles. The summed E-state index contributed by atoms with van der Waals surface area (Å²) in [6.07, 6.45) is 5.79. The van der Waals surface area contributed by atoms with Crippen molar-refractivity contribution in [1.82, 2.24) is 10.6 Å². The van der Waals surface area contributed by atoms with Crippen molar-refractivity contribution in [3.8, 4) is 0 Å². The van der Waals surface area contributed by atoms with Crippen LogP contribution < -0.4 is 10.6 Å². The fourth-order valence-corrected chi connectivity index (χ4v) is 2.71. The summed E-state index contributed by atoms with van der Waals surface area (Å²) in [5, 5.41) is 6.20. The lowest BCUT2D eigenvalue weighted by molar-refractivity contribution is -0.120. The summed E-state index contributed by atoms with van der Waals surface area (Å²) in [7, 11) is 1.69. The Bertz CT molecular complexity index is 218. The summed E-state index contributed by atoms with van der Waals surface area (Å²) in [5.41, 5.74) is 0. The highest BCUT2D eigenvalue weighted by Gasteiger charge is 2.26. The molecule has 1 aliphatic carbocycles. The average Bonchev–Trinajstić information content (AvgIpc) is 2.30. The number of amides is 1. The largest absolute Gasteiger partial charge is 0.359 e. The Hall–Kier alpha value is -0.570. The summed E-state index contributed by atoms with van der Waals surface area (Å²) in [6.45, 7) is 5.44. The first-order valence-corrected chi connectivity index (χ1v) is 6.61. The first kappa shape index (κ1) is 13.5. The molecule has 3 unspecified atom stereocenters. The molecule has 0 radical (unpaired) electrons. The molecule has 3 atom stereocenters. The molecule has 2 N–H and O–H groups in total. The second-order valence-corrected chi connectivity index (χ2v) is 5.07. The third kappa shape index (κ3) is 4.12. The maximum Gasteiger partial charge on any atom is 0.221 e. The molecule has 1 saturated carbocycles. The molecule has 0 aromatic rings. The molecular weight excluding hydrogens is 200 g/mol. The normalized spacial score (nSPS) is 30.1. The highest BCUT2D eigenvalue weighted by Crippen LogP contribution is 2.30. The lowest BCUT2D eigenvalue weighted by atomic mass is 9.77. The van der Waals surface area contributed by atoms with E-state index in [9.17, 15) is 4.79 Å². The summed E-state index contributed by atoms with van der Waals surface area (Å²) in [6, 6.07) is 0.630. The molecule has 0 spiro atoms. The average molecular weight is 226 g/mol. The highest BCUT2D eigenvalue weighted by atomic mass is 16.1. The number of carbonyl (C=O) groups excluding carboxylic acids is 1. The number of hydrogen-bond donors (Lipinski definition) is 2. The lowest BCUT2D eigenvalue weighted by Crippen LogP contribution is -2.41. The first-order chi connectivity index (χ1) is 7.67. The van der Waals surface area contributed by atoms with Crippen molar-refractivity contribution in [2.24, 2.45) is 11.8 Å². The van der Waals surface area contributed by atoms with Crippen LogP contribution in [0, 0.1) is 11.8 Å². The quantitative estimate of drug-likeness (QED) is 0.752. The van der Waals surface area contributed by atoms with Gasteiger partial charge < -0.3 is 10.6 Å². The van der Waals surface area contributed by atoms with E-state index in [4.69, 9.17) is 0 Å². The minimum atomic E-state index is 0.129. The second kappa shape index (κ2) is 6.89. The van der Waals surface area contributed by atoms with Crippen LogP contribution in [0.15, 0.2) is 0 Å². The molecule has 1 amide bonds. The number of carbonyl (C=O) groups is 1. The molecule has 0 aromatic carbocycles. The van der Waals surface area contributed by atoms with Crippen molar-refractivity contribution < 1.29 is 4.79 Å². The van der Waals surface area contributed by atoms with Gasteiger partial charge in [-0.15, -0.1) is 0 Å². The molecule has 1 rings (SSSR count). The summed E-state index contributed by atoms with van der Waals surface area (Å²) in [5.74, 6) is 1.81. The van der Waals surface area contributed by atoms with Crippen LogP contribution in [-0.2, 0) is 4.79 Å². The zero-order chi connectivity index (χ0) is 12.0. The molecule has 3 nitrogen and oxygen atoms in total. The molecule has 0 saturated heterocycles. The van der Waals surface area contributed by atoms with Gasteiger partial charge in [-0.1, -0.05) is 20.3 Å². The van der Waals surface area contributed by atoms with E-state index in [1.165, 1.54) is 25.7 Å². The monoisotopic (exact) mass is 226 g/mol. The van der Waals surface area contributed by atoms with Gasteiger partial charge in [-0.3, -0.25) is 4.79 Å². The molecule has 94 valence electrons. The Morgan fingerprint density at radius 3 is 2.75 bits per heavy atom. The SMILES string of the molecule is CCC1CC(C)CCC1NCCC(=O)NC. The zero-order valence-corrected chi connectivity index (χ0v) is 10.9. The standard InChI is InChI=1S/C13H26N2O/c1-4-11-9-10(2)5-6-12(11)15-8-7-13(16)14-3/h10-12,15H,4-9H2,1-3H3,(H,14,16). The minimum absolute atomic E-state index is 0.129. The van der Waals surface area contributed by atoms with E-state index in [1.807, 2.05) is 0 Å². The third-order valence-corrected chi connectivity index (χ3v) is 3.81. The fraction of sp³-hybridized carbons (Fsp3) is 0.923. The molecule has 1 aliphatic rings. The molecule has 0 heterocycles. The highest BCUT2D eigenvalue weighted by molar-refractivity contribution is 5.75. The molecule has 3 heteroatoms. The van der Waals surface area contributed by atoms with E-state index in [0.717, 1.165) is 18.4 Å². The van der Waals surface area contributed by atoms with Crippen molar-refractivity contribution in [1.29, 1.82) is 0 Å². The number of rotatable bonds is 5. The second-order valence-electron chi connectivity index (χ2n) is 5.07.